The number of hydrogen-bond acceptors (Lipinski definition) is 2. The van der Waals surface area contributed by atoms with Crippen LogP contribution in [0.2, 0.25) is 0 Å². The monoisotopic (exact) mass is 1400 g/mol. The minimum absolute atomic E-state index is 1.10. The number of nitrogens with zero attached hydrogens (tertiary/aromatic N) is 6. The highest BCUT2D eigenvalue weighted by molar-refractivity contribution is 6.16. The fourth-order valence-electron chi connectivity index (χ4n) is 17.4. The number of fused-ring (bicyclic) bond motifs is 14. The third-order valence-electron chi connectivity index (χ3n) is 22.2. The molecule has 0 saturated heterocycles. The molecule has 0 aliphatic heterocycles. The van der Waals surface area contributed by atoms with Gasteiger partial charge in [0, 0.05) is 99.4 Å². The lowest BCUT2D eigenvalue weighted by Crippen LogP contribution is -2.10. The Morgan fingerprint density at radius 1 is 0.145 bits per heavy atom. The summed E-state index contributed by atoms with van der Waals surface area (Å²) in [6.45, 7) is 0. The van der Waals surface area contributed by atoms with Crippen LogP contribution in [0.15, 0.2) is 425 Å². The van der Waals surface area contributed by atoms with E-state index in [-0.39, 0.29) is 0 Å². The van der Waals surface area contributed by atoms with Gasteiger partial charge in [-0.3, -0.25) is 0 Å². The molecule has 6 nitrogen and oxygen atoms in total. The Bertz CT molecular complexity index is 6760. The van der Waals surface area contributed by atoms with Gasteiger partial charge < -0.3 is 28.1 Å². The summed E-state index contributed by atoms with van der Waals surface area (Å²) in [6.07, 6.45) is 0. The van der Waals surface area contributed by atoms with Gasteiger partial charge in [0.25, 0.3) is 0 Å². The van der Waals surface area contributed by atoms with E-state index in [1.165, 1.54) is 142 Å². The molecule has 0 amide bonds. The first-order chi connectivity index (χ1) is 54.6. The Kier molecular flexibility index (Phi) is 15.5. The molecule has 0 fully saturated rings. The maximum Gasteiger partial charge on any atom is 0.0541 e. The number of rotatable bonds is 12. The van der Waals surface area contributed by atoms with E-state index in [0.717, 1.165) is 45.5 Å². The van der Waals surface area contributed by atoms with E-state index < -0.39 is 0 Å². The molecule has 516 valence electrons. The molecule has 4 aromatic heterocycles. The number of aromatic nitrogens is 4. The van der Waals surface area contributed by atoms with E-state index in [1.807, 2.05) is 0 Å². The maximum atomic E-state index is 2.39. The van der Waals surface area contributed by atoms with Crippen LogP contribution in [0, 0.1) is 0 Å². The second kappa shape index (κ2) is 26.7. The Morgan fingerprint density at radius 2 is 0.400 bits per heavy atom. The van der Waals surface area contributed by atoms with Crippen LogP contribution in [-0.4, -0.2) is 18.3 Å². The van der Waals surface area contributed by atoms with Crippen LogP contribution < -0.4 is 9.80 Å². The molecule has 4 heterocycles. The van der Waals surface area contributed by atoms with E-state index in [4.69, 9.17) is 0 Å². The summed E-state index contributed by atoms with van der Waals surface area (Å²) in [6, 6.07) is 154. The van der Waals surface area contributed by atoms with Crippen molar-refractivity contribution in [2.75, 3.05) is 9.80 Å². The Morgan fingerprint density at radius 3 is 0.782 bits per heavy atom. The number of para-hydroxylation sites is 10. The minimum atomic E-state index is 1.10. The van der Waals surface area contributed by atoms with Crippen LogP contribution in [0.25, 0.3) is 154 Å². The van der Waals surface area contributed by atoms with Gasteiger partial charge in [0.15, 0.2) is 0 Å². The molecular weight excluding hydrogens is 1330 g/mol. The van der Waals surface area contributed by atoms with Crippen LogP contribution in [0.1, 0.15) is 0 Å². The van der Waals surface area contributed by atoms with Gasteiger partial charge in [-0.25, -0.2) is 0 Å². The third-order valence-corrected chi connectivity index (χ3v) is 22.2. The van der Waals surface area contributed by atoms with Crippen LogP contribution >= 0.6 is 0 Å². The van der Waals surface area contributed by atoms with E-state index in [9.17, 15) is 0 Å². The standard InChI is InChI=1S/2C52H35N3/c1-3-15-37(16-4-1)53(39-30-32-40(33-31-39)55-49-25-10-7-19-44(49)45-20-8-11-26-50(45)55)48-28-14-23-42-41(22-13-24-43(42)48)36-29-34-52-47(35-36)46-21-9-12-27-51(46)54(52)38-17-5-2-6-18-38;1-3-15-37(16-4-1)53(39-28-30-40(31-29-39)55-48-24-12-9-21-44(48)45-22-10-13-25-49(45)55)51-34-32-41(42-19-7-8-20-43(42)51)36-27-33-52-47(35-36)46-23-11-14-26-50(46)54(52)38-17-5-2-6-18-38/h2*1-35H. The molecule has 22 aromatic rings. The second-order valence-corrected chi connectivity index (χ2v) is 28.3. The van der Waals surface area contributed by atoms with Gasteiger partial charge in [-0.15, -0.1) is 0 Å². The molecule has 0 aliphatic rings. The van der Waals surface area contributed by atoms with Crippen LogP contribution in [0.3, 0.4) is 0 Å². The highest BCUT2D eigenvalue weighted by Gasteiger charge is 2.23. The highest BCUT2D eigenvalue weighted by atomic mass is 15.2. The van der Waals surface area contributed by atoms with E-state index in [2.05, 4.69) is 453 Å². The van der Waals surface area contributed by atoms with Crippen LogP contribution in [0.5, 0.6) is 0 Å². The van der Waals surface area contributed by atoms with Gasteiger partial charge in [-0.1, -0.05) is 255 Å². The van der Waals surface area contributed by atoms with Crippen molar-refractivity contribution in [3.63, 3.8) is 0 Å². The normalized spacial score (nSPS) is 11.6. The molecule has 0 spiro atoms. The zero-order valence-electron chi connectivity index (χ0n) is 60.1. The quantitative estimate of drug-likeness (QED) is 0.122. The molecule has 0 saturated carbocycles. The number of anilines is 6. The van der Waals surface area contributed by atoms with Crippen LogP contribution in [0.4, 0.5) is 34.1 Å². The van der Waals surface area contributed by atoms with Crippen molar-refractivity contribution >= 4 is 143 Å². The average Bonchev–Trinajstić information content (AvgIpc) is 1.45. The first kappa shape index (κ1) is 63.7. The van der Waals surface area contributed by atoms with Crippen LogP contribution in [-0.2, 0) is 0 Å². The lowest BCUT2D eigenvalue weighted by Gasteiger charge is -2.27. The predicted octanol–water partition coefficient (Wildman–Crippen LogP) is 28.3. The molecule has 0 atom stereocenters. The predicted molar refractivity (Wildman–Crippen MR) is 465 cm³/mol. The van der Waals surface area contributed by atoms with Crippen molar-refractivity contribution in [3.05, 3.63) is 425 Å². The van der Waals surface area contributed by atoms with Gasteiger partial charge in [-0.05, 0) is 203 Å². The molecule has 18 aromatic carbocycles. The summed E-state index contributed by atoms with van der Waals surface area (Å²) in [4.78, 5) is 4.77. The van der Waals surface area contributed by atoms with Gasteiger partial charge in [0.2, 0.25) is 0 Å². The third kappa shape index (κ3) is 10.6. The first-order valence-corrected chi connectivity index (χ1v) is 37.7. The Labute approximate surface area is 636 Å². The van der Waals surface area contributed by atoms with E-state index in [1.54, 1.807) is 0 Å². The summed E-state index contributed by atoms with van der Waals surface area (Å²) >= 11 is 0. The lowest BCUT2D eigenvalue weighted by molar-refractivity contribution is 1.17. The van der Waals surface area contributed by atoms with E-state index >= 15 is 0 Å². The summed E-state index contributed by atoms with van der Waals surface area (Å²) in [5, 5.41) is 14.9. The molecule has 0 N–H and O–H groups in total. The number of benzene rings is 18. The van der Waals surface area contributed by atoms with Crippen molar-refractivity contribution in [2.24, 2.45) is 0 Å². The molecule has 0 aliphatic carbocycles. The van der Waals surface area contributed by atoms with Crippen molar-refractivity contribution in [2.45, 2.75) is 0 Å². The number of hydrogen-bond donors (Lipinski definition) is 0. The summed E-state index contributed by atoms with van der Waals surface area (Å²) in [5.74, 6) is 0. The second-order valence-electron chi connectivity index (χ2n) is 28.3. The maximum absolute atomic E-state index is 2.39. The lowest BCUT2D eigenvalue weighted by atomic mass is 9.95. The Hall–Kier alpha value is -14.7. The average molecular weight is 1400 g/mol. The summed E-state index contributed by atoms with van der Waals surface area (Å²) < 4.78 is 9.50. The van der Waals surface area contributed by atoms with Crippen molar-refractivity contribution in [1.82, 2.24) is 18.3 Å². The van der Waals surface area contributed by atoms with Gasteiger partial charge >= 0.3 is 0 Å². The molecule has 22 rings (SSSR count). The molecule has 0 radical (unpaired) electrons. The fourth-order valence-corrected chi connectivity index (χ4v) is 17.4. The first-order valence-electron chi connectivity index (χ1n) is 37.7. The van der Waals surface area contributed by atoms with E-state index in [0.29, 0.717) is 0 Å². The minimum Gasteiger partial charge on any atom is -0.310 e. The smallest absolute Gasteiger partial charge is 0.0541 e. The molecule has 6 heteroatoms. The zero-order valence-corrected chi connectivity index (χ0v) is 60.1. The highest BCUT2D eigenvalue weighted by Crippen LogP contribution is 2.47. The summed E-state index contributed by atoms with van der Waals surface area (Å²) in [5.41, 5.74) is 25.8. The Balaban J connectivity index is 0.000000140. The SMILES string of the molecule is c1ccc(N(c2ccc(-n3c4ccccc4c4ccccc43)cc2)c2ccc(-c3ccc4c(c3)c3ccccc3n4-c3ccccc3)c3ccccc23)cc1.c1ccc(N(c2ccc(-n3c4ccccc4c4ccccc43)cc2)c2cccc3c(-c4ccc5c(c4)c4ccccc4n5-c4ccccc4)cccc23)cc1. The largest absolute Gasteiger partial charge is 0.310 e. The molecular formula is C104H70N6. The van der Waals surface area contributed by atoms with Crippen molar-refractivity contribution in [1.29, 1.82) is 0 Å². The topological polar surface area (TPSA) is 26.2 Å². The van der Waals surface area contributed by atoms with Crippen molar-refractivity contribution < 1.29 is 0 Å². The fraction of sp³-hybridized carbons (Fsp3) is 0. The van der Waals surface area contributed by atoms with Gasteiger partial charge in [0.1, 0.15) is 0 Å². The molecule has 0 bridgehead atoms. The van der Waals surface area contributed by atoms with Gasteiger partial charge in [0.05, 0.1) is 55.5 Å². The molecule has 110 heavy (non-hydrogen) atoms. The van der Waals surface area contributed by atoms with Crippen molar-refractivity contribution in [3.8, 4) is 45.0 Å². The van der Waals surface area contributed by atoms with Gasteiger partial charge in [-0.2, -0.15) is 0 Å². The zero-order chi connectivity index (χ0) is 72.6. The summed E-state index contributed by atoms with van der Waals surface area (Å²) in [7, 11) is 0. The molecule has 0 unspecified atom stereocenters.